The SMILES string of the molecule is CC(=O)Nc1nc(F)c(CN2CCCC[C@H]2C)s1. The standard InChI is InChI=1S/C12H18FN3OS/c1-8-5-3-4-6-16(8)7-10-11(13)15-12(18-10)14-9(2)17/h8H,3-7H2,1-2H3,(H,14,15,17)/t8-/m1/s1. The number of thiazole rings is 1. The lowest BCUT2D eigenvalue weighted by molar-refractivity contribution is -0.114. The molecule has 0 aromatic carbocycles. The minimum atomic E-state index is -0.457. The molecule has 1 atom stereocenters. The maximum atomic E-state index is 13.7. The van der Waals surface area contributed by atoms with E-state index in [1.165, 1.54) is 37.5 Å². The Labute approximate surface area is 110 Å². The Hall–Kier alpha value is -1.01. The largest absolute Gasteiger partial charge is 0.302 e. The number of nitrogens with zero attached hydrogens (tertiary/aromatic N) is 2. The molecule has 1 aromatic heterocycles. The van der Waals surface area contributed by atoms with Gasteiger partial charge in [-0.1, -0.05) is 17.8 Å². The quantitative estimate of drug-likeness (QED) is 0.919. The van der Waals surface area contributed by atoms with Gasteiger partial charge in [0.25, 0.3) is 0 Å². The zero-order chi connectivity index (χ0) is 13.1. The van der Waals surface area contributed by atoms with Crippen LogP contribution in [0.25, 0.3) is 0 Å². The molecule has 1 aromatic rings. The highest BCUT2D eigenvalue weighted by atomic mass is 32.1. The van der Waals surface area contributed by atoms with Crippen LogP contribution in [0, 0.1) is 5.95 Å². The molecule has 1 aliphatic heterocycles. The smallest absolute Gasteiger partial charge is 0.230 e. The fourth-order valence-corrected chi connectivity index (χ4v) is 3.13. The summed E-state index contributed by atoms with van der Waals surface area (Å²) in [6.07, 6.45) is 3.59. The van der Waals surface area contributed by atoms with Crippen LogP contribution in [0.4, 0.5) is 9.52 Å². The highest BCUT2D eigenvalue weighted by molar-refractivity contribution is 7.15. The number of hydrogen-bond donors (Lipinski definition) is 1. The van der Waals surface area contributed by atoms with E-state index in [0.717, 1.165) is 6.54 Å². The Balaban J connectivity index is 2.04. The summed E-state index contributed by atoms with van der Waals surface area (Å²) in [5.74, 6) is -0.678. The zero-order valence-electron chi connectivity index (χ0n) is 10.7. The molecule has 1 saturated heterocycles. The average Bonchev–Trinajstić information content (AvgIpc) is 2.61. The predicted octanol–water partition coefficient (Wildman–Crippen LogP) is 2.62. The third-order valence-electron chi connectivity index (χ3n) is 3.22. The fraction of sp³-hybridized carbons (Fsp3) is 0.667. The van der Waals surface area contributed by atoms with Gasteiger partial charge in [0.15, 0.2) is 5.13 Å². The van der Waals surface area contributed by atoms with Gasteiger partial charge >= 0.3 is 0 Å². The van der Waals surface area contributed by atoms with Crippen LogP contribution in [0.1, 0.15) is 38.0 Å². The van der Waals surface area contributed by atoms with Gasteiger partial charge in [-0.25, -0.2) is 0 Å². The molecular formula is C12H18FN3OS. The van der Waals surface area contributed by atoms with E-state index in [1.807, 2.05) is 0 Å². The molecular weight excluding hydrogens is 253 g/mol. The van der Waals surface area contributed by atoms with E-state index in [-0.39, 0.29) is 5.91 Å². The van der Waals surface area contributed by atoms with Crippen molar-refractivity contribution in [3.8, 4) is 0 Å². The lowest BCUT2D eigenvalue weighted by Gasteiger charge is -2.32. The molecule has 0 radical (unpaired) electrons. The number of rotatable bonds is 3. The number of amides is 1. The molecule has 6 heteroatoms. The van der Waals surface area contributed by atoms with Gasteiger partial charge in [0.2, 0.25) is 11.9 Å². The van der Waals surface area contributed by atoms with Crippen LogP contribution in [0.5, 0.6) is 0 Å². The number of halogens is 1. The minimum absolute atomic E-state index is 0.221. The number of piperidine rings is 1. The Morgan fingerprint density at radius 1 is 1.61 bits per heavy atom. The van der Waals surface area contributed by atoms with Gasteiger partial charge in [-0.05, 0) is 26.3 Å². The van der Waals surface area contributed by atoms with E-state index in [9.17, 15) is 9.18 Å². The Kier molecular flexibility index (Phi) is 4.29. The van der Waals surface area contributed by atoms with Crippen molar-refractivity contribution < 1.29 is 9.18 Å². The highest BCUT2D eigenvalue weighted by Crippen LogP contribution is 2.26. The van der Waals surface area contributed by atoms with E-state index in [4.69, 9.17) is 0 Å². The molecule has 100 valence electrons. The lowest BCUT2D eigenvalue weighted by Crippen LogP contribution is -2.36. The number of hydrogen-bond acceptors (Lipinski definition) is 4. The third-order valence-corrected chi connectivity index (χ3v) is 4.15. The number of carbonyl (C=O) groups is 1. The van der Waals surface area contributed by atoms with E-state index < -0.39 is 5.95 Å². The second-order valence-corrected chi connectivity index (χ2v) is 5.81. The minimum Gasteiger partial charge on any atom is -0.302 e. The fourth-order valence-electron chi connectivity index (χ4n) is 2.21. The first-order chi connectivity index (χ1) is 8.56. The summed E-state index contributed by atoms with van der Waals surface area (Å²) < 4.78 is 13.7. The zero-order valence-corrected chi connectivity index (χ0v) is 11.5. The summed E-state index contributed by atoms with van der Waals surface area (Å²) >= 11 is 1.22. The second kappa shape index (κ2) is 5.75. The molecule has 0 aliphatic carbocycles. The molecule has 2 heterocycles. The molecule has 2 rings (SSSR count). The number of aromatic nitrogens is 1. The van der Waals surface area contributed by atoms with Crippen LogP contribution in [-0.4, -0.2) is 28.4 Å². The van der Waals surface area contributed by atoms with Crippen molar-refractivity contribution in [1.29, 1.82) is 0 Å². The van der Waals surface area contributed by atoms with Crippen molar-refractivity contribution in [3.63, 3.8) is 0 Å². The molecule has 1 fully saturated rings. The number of likely N-dealkylation sites (tertiary alicyclic amines) is 1. The van der Waals surface area contributed by atoms with Crippen LogP contribution in [-0.2, 0) is 11.3 Å². The van der Waals surface area contributed by atoms with Crippen LogP contribution >= 0.6 is 11.3 Å². The van der Waals surface area contributed by atoms with Crippen LogP contribution in [0.3, 0.4) is 0 Å². The topological polar surface area (TPSA) is 45.2 Å². The maximum absolute atomic E-state index is 13.7. The van der Waals surface area contributed by atoms with E-state index in [0.29, 0.717) is 22.6 Å². The number of anilines is 1. The van der Waals surface area contributed by atoms with Crippen molar-refractivity contribution in [3.05, 3.63) is 10.8 Å². The van der Waals surface area contributed by atoms with Crippen molar-refractivity contribution >= 4 is 22.4 Å². The van der Waals surface area contributed by atoms with Crippen molar-refractivity contribution in [2.75, 3.05) is 11.9 Å². The maximum Gasteiger partial charge on any atom is 0.230 e. The molecule has 1 amide bonds. The van der Waals surface area contributed by atoms with Crippen LogP contribution in [0.15, 0.2) is 0 Å². The van der Waals surface area contributed by atoms with Gasteiger partial charge in [-0.2, -0.15) is 9.37 Å². The average molecular weight is 271 g/mol. The second-order valence-electron chi connectivity index (χ2n) is 4.73. The third kappa shape index (κ3) is 3.26. The summed E-state index contributed by atoms with van der Waals surface area (Å²) in [5.41, 5.74) is 0. The number of carbonyl (C=O) groups excluding carboxylic acids is 1. The number of nitrogens with one attached hydrogen (secondary N) is 1. The van der Waals surface area contributed by atoms with Gasteiger partial charge in [0.1, 0.15) is 0 Å². The van der Waals surface area contributed by atoms with Crippen molar-refractivity contribution in [2.45, 2.75) is 45.7 Å². The molecule has 0 saturated carbocycles. The van der Waals surface area contributed by atoms with Crippen LogP contribution in [0.2, 0.25) is 0 Å². The molecule has 1 N–H and O–H groups in total. The Morgan fingerprint density at radius 2 is 2.39 bits per heavy atom. The summed E-state index contributed by atoms with van der Waals surface area (Å²) in [5, 5.41) is 2.87. The van der Waals surface area contributed by atoms with E-state index >= 15 is 0 Å². The summed E-state index contributed by atoms with van der Waals surface area (Å²) in [6.45, 7) is 5.16. The first-order valence-corrected chi connectivity index (χ1v) is 7.04. The Morgan fingerprint density at radius 3 is 3.06 bits per heavy atom. The normalized spacial score (nSPS) is 20.9. The first kappa shape index (κ1) is 13.4. The monoisotopic (exact) mass is 271 g/mol. The first-order valence-electron chi connectivity index (χ1n) is 6.23. The van der Waals surface area contributed by atoms with Crippen molar-refractivity contribution in [1.82, 2.24) is 9.88 Å². The lowest BCUT2D eigenvalue weighted by atomic mass is 10.0. The summed E-state index contributed by atoms with van der Waals surface area (Å²) in [7, 11) is 0. The Bertz CT molecular complexity index is 435. The van der Waals surface area contributed by atoms with Gasteiger partial charge in [0.05, 0.1) is 4.88 Å². The van der Waals surface area contributed by atoms with Crippen molar-refractivity contribution in [2.24, 2.45) is 0 Å². The molecule has 0 unspecified atom stereocenters. The molecule has 18 heavy (non-hydrogen) atoms. The molecule has 0 bridgehead atoms. The molecule has 4 nitrogen and oxygen atoms in total. The van der Waals surface area contributed by atoms with Gasteiger partial charge in [-0.15, -0.1) is 0 Å². The predicted molar refractivity (Wildman–Crippen MR) is 70.1 cm³/mol. The molecule has 1 aliphatic rings. The summed E-state index contributed by atoms with van der Waals surface area (Å²) in [4.78, 5) is 17.5. The summed E-state index contributed by atoms with van der Waals surface area (Å²) in [6, 6.07) is 0.490. The van der Waals surface area contributed by atoms with Gasteiger partial charge in [-0.3, -0.25) is 9.69 Å². The van der Waals surface area contributed by atoms with E-state index in [1.54, 1.807) is 0 Å². The van der Waals surface area contributed by atoms with Gasteiger partial charge in [0, 0.05) is 19.5 Å². The van der Waals surface area contributed by atoms with Crippen LogP contribution < -0.4 is 5.32 Å². The molecule has 0 spiro atoms. The van der Waals surface area contributed by atoms with E-state index in [2.05, 4.69) is 22.1 Å². The van der Waals surface area contributed by atoms with Gasteiger partial charge < -0.3 is 5.32 Å². The highest BCUT2D eigenvalue weighted by Gasteiger charge is 2.21.